The van der Waals surface area contributed by atoms with Gasteiger partial charge in [-0.15, -0.1) is 0 Å². The van der Waals surface area contributed by atoms with Crippen LogP contribution in [0.4, 0.5) is 0 Å². The molecular formula is C31H54O3. The van der Waals surface area contributed by atoms with Crippen LogP contribution in [0.1, 0.15) is 152 Å². The van der Waals surface area contributed by atoms with E-state index in [-0.39, 0.29) is 6.42 Å². The summed E-state index contributed by atoms with van der Waals surface area (Å²) in [4.78, 5) is 11.1. The van der Waals surface area contributed by atoms with E-state index in [9.17, 15) is 9.90 Å². The Balaban J connectivity index is 2.23. The third-order valence-corrected chi connectivity index (χ3v) is 7.31. The highest BCUT2D eigenvalue weighted by Crippen LogP contribution is 2.32. The SMILES string of the molecule is CCCCCCCCCCCCCCCCCCc1c(CCC(=O)O)cc(CC)c(O)c1CC. The lowest BCUT2D eigenvalue weighted by molar-refractivity contribution is -0.136. The maximum Gasteiger partial charge on any atom is 0.303 e. The molecular weight excluding hydrogens is 420 g/mol. The fourth-order valence-electron chi connectivity index (χ4n) is 5.17. The Morgan fingerprint density at radius 1 is 0.618 bits per heavy atom. The van der Waals surface area contributed by atoms with Crippen molar-refractivity contribution in [3.8, 4) is 5.75 Å². The van der Waals surface area contributed by atoms with Crippen LogP contribution in [0.3, 0.4) is 0 Å². The van der Waals surface area contributed by atoms with Gasteiger partial charge in [0.2, 0.25) is 0 Å². The molecule has 2 N–H and O–H groups in total. The van der Waals surface area contributed by atoms with Gasteiger partial charge in [-0.1, -0.05) is 123 Å². The van der Waals surface area contributed by atoms with E-state index in [0.717, 1.165) is 42.4 Å². The number of phenolic OH excluding ortho intramolecular Hbond substituents is 1. The lowest BCUT2D eigenvalue weighted by atomic mass is 9.88. The minimum Gasteiger partial charge on any atom is -0.507 e. The molecule has 196 valence electrons. The van der Waals surface area contributed by atoms with E-state index in [4.69, 9.17) is 5.11 Å². The highest BCUT2D eigenvalue weighted by molar-refractivity contribution is 5.67. The fraction of sp³-hybridized carbons (Fsp3) is 0.774. The van der Waals surface area contributed by atoms with Crippen LogP contribution >= 0.6 is 0 Å². The van der Waals surface area contributed by atoms with Crippen molar-refractivity contribution in [1.29, 1.82) is 0 Å². The largest absolute Gasteiger partial charge is 0.507 e. The Morgan fingerprint density at radius 3 is 1.50 bits per heavy atom. The molecule has 1 rings (SSSR count). The molecule has 0 aliphatic rings. The molecule has 1 aromatic carbocycles. The average molecular weight is 475 g/mol. The van der Waals surface area contributed by atoms with Crippen molar-refractivity contribution in [2.75, 3.05) is 0 Å². The first-order chi connectivity index (χ1) is 16.5. The predicted molar refractivity (Wildman–Crippen MR) is 146 cm³/mol. The normalized spacial score (nSPS) is 11.3. The molecule has 0 saturated heterocycles. The summed E-state index contributed by atoms with van der Waals surface area (Å²) in [5.74, 6) is -0.312. The Morgan fingerprint density at radius 2 is 1.09 bits per heavy atom. The second-order valence-corrected chi connectivity index (χ2v) is 10.2. The van der Waals surface area contributed by atoms with Crippen molar-refractivity contribution in [1.82, 2.24) is 0 Å². The molecule has 0 aromatic heterocycles. The zero-order valence-electron chi connectivity index (χ0n) is 22.7. The maximum absolute atomic E-state index is 11.1. The Labute approximate surface area is 210 Å². The van der Waals surface area contributed by atoms with Crippen LogP contribution < -0.4 is 0 Å². The maximum atomic E-state index is 11.1. The Kier molecular flexibility index (Phi) is 17.7. The third-order valence-electron chi connectivity index (χ3n) is 7.31. The van der Waals surface area contributed by atoms with Crippen LogP contribution in [-0.2, 0) is 30.5 Å². The van der Waals surface area contributed by atoms with Gasteiger partial charge in [0.05, 0.1) is 0 Å². The predicted octanol–water partition coefficient (Wildman–Crippen LogP) is 9.34. The summed E-state index contributed by atoms with van der Waals surface area (Å²) in [7, 11) is 0. The third kappa shape index (κ3) is 12.8. The molecule has 0 bridgehead atoms. The number of carboxylic acid groups (broad SMARTS) is 1. The van der Waals surface area contributed by atoms with E-state index in [2.05, 4.69) is 19.9 Å². The summed E-state index contributed by atoms with van der Waals surface area (Å²) in [5.41, 5.74) is 4.34. The van der Waals surface area contributed by atoms with Crippen molar-refractivity contribution in [3.05, 3.63) is 28.3 Å². The zero-order chi connectivity index (χ0) is 25.0. The lowest BCUT2D eigenvalue weighted by Crippen LogP contribution is -2.06. The second kappa shape index (κ2) is 19.8. The molecule has 0 unspecified atom stereocenters. The van der Waals surface area contributed by atoms with Crippen LogP contribution in [0.25, 0.3) is 0 Å². The number of hydrogen-bond donors (Lipinski definition) is 2. The summed E-state index contributed by atoms with van der Waals surface area (Å²) >= 11 is 0. The topological polar surface area (TPSA) is 57.5 Å². The highest BCUT2D eigenvalue weighted by Gasteiger charge is 2.16. The van der Waals surface area contributed by atoms with Crippen molar-refractivity contribution in [2.45, 2.75) is 156 Å². The molecule has 34 heavy (non-hydrogen) atoms. The van der Waals surface area contributed by atoms with Crippen molar-refractivity contribution >= 4 is 5.97 Å². The summed E-state index contributed by atoms with van der Waals surface area (Å²) in [5, 5.41) is 19.8. The van der Waals surface area contributed by atoms with E-state index in [1.54, 1.807) is 0 Å². The number of phenols is 1. The molecule has 0 radical (unpaired) electrons. The van der Waals surface area contributed by atoms with Gasteiger partial charge >= 0.3 is 5.97 Å². The molecule has 0 amide bonds. The first kappa shape index (κ1) is 30.5. The first-order valence-corrected chi connectivity index (χ1v) is 14.6. The van der Waals surface area contributed by atoms with Gasteiger partial charge in [0.1, 0.15) is 5.75 Å². The lowest BCUT2D eigenvalue weighted by Gasteiger charge is -2.18. The van der Waals surface area contributed by atoms with E-state index >= 15 is 0 Å². The van der Waals surface area contributed by atoms with Gasteiger partial charge in [-0.25, -0.2) is 0 Å². The number of carboxylic acids is 1. The number of benzene rings is 1. The Bertz CT molecular complexity index is 665. The number of rotatable bonds is 22. The summed E-state index contributed by atoms with van der Waals surface area (Å²) in [6.07, 6.45) is 25.0. The van der Waals surface area contributed by atoms with Crippen LogP contribution in [0.15, 0.2) is 6.07 Å². The van der Waals surface area contributed by atoms with Crippen LogP contribution in [0.2, 0.25) is 0 Å². The van der Waals surface area contributed by atoms with Crippen LogP contribution in [0.5, 0.6) is 5.75 Å². The number of unbranched alkanes of at least 4 members (excludes halogenated alkanes) is 15. The standard InChI is InChI=1S/C31H54O3/c1-4-7-8-9-10-11-12-13-14-15-16-17-18-19-20-21-22-29-27(23-24-30(32)33)25-26(5-2)31(34)28(29)6-3/h25,34H,4-24H2,1-3H3,(H,32,33). The molecule has 0 saturated carbocycles. The van der Waals surface area contributed by atoms with Gasteiger partial charge in [-0.05, 0) is 54.4 Å². The number of hydrogen-bond acceptors (Lipinski definition) is 2. The van der Waals surface area contributed by atoms with Crippen molar-refractivity contribution in [3.63, 3.8) is 0 Å². The van der Waals surface area contributed by atoms with Gasteiger partial charge in [0, 0.05) is 6.42 Å². The van der Waals surface area contributed by atoms with E-state index < -0.39 is 5.97 Å². The van der Waals surface area contributed by atoms with E-state index in [0.29, 0.717) is 12.2 Å². The molecule has 0 spiro atoms. The van der Waals surface area contributed by atoms with Gasteiger partial charge < -0.3 is 10.2 Å². The molecule has 0 aliphatic heterocycles. The number of aromatic hydroxyl groups is 1. The minimum absolute atomic E-state index is 0.156. The van der Waals surface area contributed by atoms with Gasteiger partial charge in [0.25, 0.3) is 0 Å². The molecule has 0 heterocycles. The molecule has 1 aromatic rings. The van der Waals surface area contributed by atoms with E-state index in [1.165, 1.54) is 102 Å². The van der Waals surface area contributed by atoms with Crippen molar-refractivity contribution < 1.29 is 15.0 Å². The molecule has 0 aliphatic carbocycles. The smallest absolute Gasteiger partial charge is 0.303 e. The number of aryl methyl sites for hydroxylation is 2. The first-order valence-electron chi connectivity index (χ1n) is 14.6. The van der Waals surface area contributed by atoms with Gasteiger partial charge in [-0.2, -0.15) is 0 Å². The summed E-state index contributed by atoms with van der Waals surface area (Å²) in [6.45, 7) is 6.42. The number of carbonyl (C=O) groups is 1. The van der Waals surface area contributed by atoms with Crippen LogP contribution in [0, 0.1) is 0 Å². The quantitative estimate of drug-likeness (QED) is 0.165. The highest BCUT2D eigenvalue weighted by atomic mass is 16.4. The minimum atomic E-state index is -0.752. The molecule has 3 heteroatoms. The van der Waals surface area contributed by atoms with Crippen LogP contribution in [-0.4, -0.2) is 16.2 Å². The zero-order valence-corrected chi connectivity index (χ0v) is 22.7. The van der Waals surface area contributed by atoms with Gasteiger partial charge in [0.15, 0.2) is 0 Å². The fourth-order valence-corrected chi connectivity index (χ4v) is 5.17. The summed E-state index contributed by atoms with van der Waals surface area (Å²) in [6, 6.07) is 2.05. The van der Waals surface area contributed by atoms with Crippen molar-refractivity contribution in [2.24, 2.45) is 0 Å². The van der Waals surface area contributed by atoms with Gasteiger partial charge in [-0.3, -0.25) is 4.79 Å². The molecule has 3 nitrogen and oxygen atoms in total. The number of aliphatic carboxylic acids is 1. The average Bonchev–Trinajstić information content (AvgIpc) is 2.83. The molecule has 0 fully saturated rings. The Hall–Kier alpha value is -1.51. The monoisotopic (exact) mass is 474 g/mol. The second-order valence-electron chi connectivity index (χ2n) is 10.2. The van der Waals surface area contributed by atoms with E-state index in [1.807, 2.05) is 6.92 Å². The molecule has 0 atom stereocenters. The summed E-state index contributed by atoms with van der Waals surface area (Å²) < 4.78 is 0.